The fourth-order valence-electron chi connectivity index (χ4n) is 1.72. The average molecular weight is 286 g/mol. The Bertz CT molecular complexity index is 663. The predicted octanol–water partition coefficient (Wildman–Crippen LogP) is 2.66. The summed E-state index contributed by atoms with van der Waals surface area (Å²) in [7, 11) is 0. The highest BCUT2D eigenvalue weighted by molar-refractivity contribution is 5.95. The van der Waals surface area contributed by atoms with Gasteiger partial charge in [-0.3, -0.25) is 0 Å². The number of oxime groups is 1. The molecule has 1 aromatic carbocycles. The van der Waals surface area contributed by atoms with Crippen LogP contribution < -0.4 is 10.5 Å². The number of nitrogens with two attached hydrogens (primary N) is 1. The first-order valence-electron chi connectivity index (χ1n) is 6.49. The van der Waals surface area contributed by atoms with Crippen LogP contribution >= 0.6 is 0 Å². The Morgan fingerprint density at radius 1 is 1.29 bits per heavy atom. The van der Waals surface area contributed by atoms with E-state index in [-0.39, 0.29) is 17.3 Å². The number of hydrogen-bond donors (Lipinski definition) is 2. The monoisotopic (exact) mass is 286 g/mol. The average Bonchev–Trinajstić information content (AvgIpc) is 2.46. The first kappa shape index (κ1) is 14.8. The first-order chi connectivity index (χ1) is 9.90. The van der Waals surface area contributed by atoms with Crippen molar-refractivity contribution in [2.45, 2.75) is 26.2 Å². The lowest BCUT2D eigenvalue weighted by atomic mass is 9.87. The summed E-state index contributed by atoms with van der Waals surface area (Å²) in [6.07, 6.45) is 1.49. The molecule has 0 unspecified atom stereocenters. The Kier molecular flexibility index (Phi) is 4.07. The standard InChI is InChI=1S/C15H18N4O2/c1-15(2,3)10-5-4-6-11(9-10)21-14-17-8-7-12(18-14)13(16)19-20/h4-9,20H,1-3H3,(H2,16,19). The summed E-state index contributed by atoms with van der Waals surface area (Å²) >= 11 is 0. The molecule has 0 radical (unpaired) electrons. The van der Waals surface area contributed by atoms with Crippen LogP contribution in [0.3, 0.4) is 0 Å². The quantitative estimate of drug-likeness (QED) is 0.391. The molecule has 0 aliphatic heterocycles. The second-order valence-corrected chi connectivity index (χ2v) is 5.59. The number of hydrogen-bond acceptors (Lipinski definition) is 5. The molecule has 1 heterocycles. The van der Waals surface area contributed by atoms with Gasteiger partial charge in [-0.05, 0) is 29.2 Å². The van der Waals surface area contributed by atoms with Crippen LogP contribution in [0.5, 0.6) is 11.8 Å². The zero-order chi connectivity index (χ0) is 15.5. The van der Waals surface area contributed by atoms with E-state index in [4.69, 9.17) is 15.7 Å². The highest BCUT2D eigenvalue weighted by Gasteiger charge is 2.14. The van der Waals surface area contributed by atoms with Gasteiger partial charge in [-0.15, -0.1) is 0 Å². The Labute approximate surface area is 123 Å². The summed E-state index contributed by atoms with van der Waals surface area (Å²) in [6, 6.07) is 9.41. The molecule has 0 aliphatic rings. The molecule has 1 aromatic heterocycles. The Balaban J connectivity index is 2.27. The molecule has 0 bridgehead atoms. The molecule has 0 saturated heterocycles. The van der Waals surface area contributed by atoms with Gasteiger partial charge in [0.2, 0.25) is 0 Å². The molecule has 6 heteroatoms. The van der Waals surface area contributed by atoms with Crippen LogP contribution in [0, 0.1) is 0 Å². The minimum Gasteiger partial charge on any atom is -0.424 e. The van der Waals surface area contributed by atoms with Crippen molar-refractivity contribution in [2.75, 3.05) is 0 Å². The molecule has 2 rings (SSSR count). The summed E-state index contributed by atoms with van der Waals surface area (Å²) in [6.45, 7) is 6.38. The first-order valence-corrected chi connectivity index (χ1v) is 6.49. The molecule has 3 N–H and O–H groups in total. The summed E-state index contributed by atoms with van der Waals surface area (Å²) in [4.78, 5) is 8.10. The fraction of sp³-hybridized carbons (Fsp3) is 0.267. The van der Waals surface area contributed by atoms with Gasteiger partial charge in [-0.1, -0.05) is 38.1 Å². The highest BCUT2D eigenvalue weighted by Crippen LogP contribution is 2.27. The van der Waals surface area contributed by atoms with E-state index in [0.717, 1.165) is 5.56 Å². The molecule has 2 aromatic rings. The van der Waals surface area contributed by atoms with Crippen LogP contribution in [0.2, 0.25) is 0 Å². The molecule has 110 valence electrons. The lowest BCUT2D eigenvalue weighted by Crippen LogP contribution is -2.15. The Hall–Kier alpha value is -2.63. The van der Waals surface area contributed by atoms with E-state index in [9.17, 15) is 0 Å². The van der Waals surface area contributed by atoms with Gasteiger partial charge in [0.1, 0.15) is 11.4 Å². The number of aromatic nitrogens is 2. The van der Waals surface area contributed by atoms with Crippen LogP contribution in [-0.2, 0) is 5.41 Å². The smallest absolute Gasteiger partial charge is 0.322 e. The number of amidine groups is 1. The van der Waals surface area contributed by atoms with E-state index in [1.807, 2.05) is 24.3 Å². The van der Waals surface area contributed by atoms with Crippen LogP contribution in [0.1, 0.15) is 32.0 Å². The van der Waals surface area contributed by atoms with Crippen molar-refractivity contribution in [2.24, 2.45) is 10.9 Å². The van der Waals surface area contributed by atoms with Crippen molar-refractivity contribution in [3.63, 3.8) is 0 Å². The van der Waals surface area contributed by atoms with Gasteiger partial charge in [0.05, 0.1) is 0 Å². The number of benzene rings is 1. The van der Waals surface area contributed by atoms with Gasteiger partial charge in [-0.2, -0.15) is 4.98 Å². The van der Waals surface area contributed by atoms with E-state index in [0.29, 0.717) is 11.4 Å². The molecule has 6 nitrogen and oxygen atoms in total. The summed E-state index contributed by atoms with van der Waals surface area (Å²) in [5.74, 6) is 0.546. The molecular formula is C15H18N4O2. The molecule has 0 spiro atoms. The molecule has 0 aliphatic carbocycles. The third-order valence-corrected chi connectivity index (χ3v) is 2.91. The van der Waals surface area contributed by atoms with Gasteiger partial charge >= 0.3 is 6.01 Å². The minimum atomic E-state index is -0.0920. The van der Waals surface area contributed by atoms with Gasteiger partial charge in [-0.25, -0.2) is 4.98 Å². The maximum atomic E-state index is 8.66. The SMILES string of the molecule is CC(C)(C)c1cccc(Oc2nccc(/C(N)=N/O)n2)c1. The number of rotatable bonds is 3. The molecular weight excluding hydrogens is 268 g/mol. The van der Waals surface area contributed by atoms with Gasteiger partial charge in [0.25, 0.3) is 0 Å². The minimum absolute atomic E-state index is 0.0239. The van der Waals surface area contributed by atoms with Crippen LogP contribution in [-0.4, -0.2) is 21.0 Å². The number of ether oxygens (including phenoxy) is 1. The largest absolute Gasteiger partial charge is 0.424 e. The van der Waals surface area contributed by atoms with Crippen molar-refractivity contribution >= 4 is 5.84 Å². The topological polar surface area (TPSA) is 93.6 Å². The Morgan fingerprint density at radius 3 is 2.71 bits per heavy atom. The van der Waals surface area contributed by atoms with Crippen molar-refractivity contribution in [1.29, 1.82) is 0 Å². The molecule has 0 saturated carbocycles. The summed E-state index contributed by atoms with van der Waals surface area (Å²) in [5.41, 5.74) is 6.96. The fourth-order valence-corrected chi connectivity index (χ4v) is 1.72. The van der Waals surface area contributed by atoms with Gasteiger partial charge in [0, 0.05) is 6.20 Å². The lowest BCUT2D eigenvalue weighted by Gasteiger charge is -2.19. The maximum absolute atomic E-state index is 8.66. The van der Waals surface area contributed by atoms with Gasteiger partial charge in [0.15, 0.2) is 5.84 Å². The second kappa shape index (κ2) is 5.78. The van der Waals surface area contributed by atoms with Crippen LogP contribution in [0.4, 0.5) is 0 Å². The van der Waals surface area contributed by atoms with E-state index in [1.54, 1.807) is 0 Å². The third-order valence-electron chi connectivity index (χ3n) is 2.91. The predicted molar refractivity (Wildman–Crippen MR) is 79.8 cm³/mol. The van der Waals surface area contributed by atoms with Crippen LogP contribution in [0.15, 0.2) is 41.7 Å². The van der Waals surface area contributed by atoms with E-state index in [2.05, 4.69) is 35.9 Å². The molecule has 0 atom stereocenters. The summed E-state index contributed by atoms with van der Waals surface area (Å²) < 4.78 is 5.64. The zero-order valence-electron chi connectivity index (χ0n) is 12.2. The molecule has 0 amide bonds. The second-order valence-electron chi connectivity index (χ2n) is 5.59. The number of nitrogens with zero attached hydrogens (tertiary/aromatic N) is 3. The van der Waals surface area contributed by atoms with Crippen molar-refractivity contribution in [3.05, 3.63) is 47.8 Å². The Morgan fingerprint density at radius 2 is 2.05 bits per heavy atom. The van der Waals surface area contributed by atoms with E-state index >= 15 is 0 Å². The van der Waals surface area contributed by atoms with Crippen molar-refractivity contribution in [1.82, 2.24) is 9.97 Å². The molecule has 0 fully saturated rings. The van der Waals surface area contributed by atoms with Gasteiger partial charge < -0.3 is 15.7 Å². The van der Waals surface area contributed by atoms with E-state index in [1.165, 1.54) is 12.3 Å². The van der Waals surface area contributed by atoms with E-state index < -0.39 is 0 Å². The lowest BCUT2D eigenvalue weighted by molar-refractivity contribution is 0.318. The highest BCUT2D eigenvalue weighted by atomic mass is 16.5. The maximum Gasteiger partial charge on any atom is 0.322 e. The molecule has 21 heavy (non-hydrogen) atoms. The third kappa shape index (κ3) is 3.68. The normalized spacial score (nSPS) is 12.2. The van der Waals surface area contributed by atoms with Crippen molar-refractivity contribution in [3.8, 4) is 11.8 Å². The van der Waals surface area contributed by atoms with Crippen molar-refractivity contribution < 1.29 is 9.94 Å². The zero-order valence-corrected chi connectivity index (χ0v) is 12.2. The summed E-state index contributed by atoms with van der Waals surface area (Å²) in [5, 5.41) is 11.6. The van der Waals surface area contributed by atoms with Crippen LogP contribution in [0.25, 0.3) is 0 Å².